The van der Waals surface area contributed by atoms with Crippen LogP contribution in [0, 0.1) is 0 Å². The number of fused-ring (bicyclic) bond motifs is 1. The van der Waals surface area contributed by atoms with Gasteiger partial charge in [-0.25, -0.2) is 0 Å². The number of hydrogen-bond donors (Lipinski definition) is 0. The fourth-order valence-corrected chi connectivity index (χ4v) is 3.62. The number of para-hydroxylation sites is 1. The Balaban J connectivity index is 0.00000300. The maximum atomic E-state index is 12.6. The fraction of sp³-hybridized carbons (Fsp3) is 0.200. The first-order chi connectivity index (χ1) is 13.4. The summed E-state index contributed by atoms with van der Waals surface area (Å²) in [7, 11) is 4.43. The molecule has 9 heteroatoms. The zero-order valence-corrected chi connectivity index (χ0v) is 19.9. The van der Waals surface area contributed by atoms with E-state index in [0.717, 1.165) is 0 Å². The number of hydrogen-bond acceptors (Lipinski definition) is 7. The maximum Gasteiger partial charge on any atom is 1.00 e. The van der Waals surface area contributed by atoms with Crippen LogP contribution in [-0.4, -0.2) is 27.3 Å². The number of rotatable bonds is 6. The Morgan fingerprint density at radius 3 is 2.38 bits per heavy atom. The molecule has 0 aliphatic rings. The summed E-state index contributed by atoms with van der Waals surface area (Å²) >= 11 is 3.45. The Morgan fingerprint density at radius 1 is 1.10 bits per heavy atom. The minimum atomic E-state index is -1.27. The zero-order valence-electron chi connectivity index (χ0n) is 16.3. The minimum absolute atomic E-state index is 0. The van der Waals surface area contributed by atoms with E-state index in [-0.39, 0.29) is 58.1 Å². The molecule has 0 saturated heterocycles. The van der Waals surface area contributed by atoms with Gasteiger partial charge in [-0.15, -0.1) is 0 Å². The summed E-state index contributed by atoms with van der Waals surface area (Å²) in [6.07, 6.45) is -0.375. The number of methoxy groups -OCH3 is 3. The predicted octanol–water partition coefficient (Wildman–Crippen LogP) is -0.455. The molecule has 3 rings (SSSR count). The van der Waals surface area contributed by atoms with Crippen LogP contribution in [-0.2, 0) is 11.2 Å². The monoisotopic (exact) mass is 470 g/mol. The molecule has 1 heterocycles. The van der Waals surface area contributed by atoms with E-state index in [1.54, 1.807) is 24.3 Å². The first-order valence-corrected chi connectivity index (χ1v) is 8.95. The van der Waals surface area contributed by atoms with Gasteiger partial charge >= 0.3 is 29.6 Å². The minimum Gasteiger partial charge on any atom is -0.550 e. The second-order valence-corrected chi connectivity index (χ2v) is 6.62. The van der Waals surface area contributed by atoms with Crippen LogP contribution in [0.4, 0.5) is 0 Å². The molecule has 0 radical (unpaired) electrons. The second-order valence-electron chi connectivity index (χ2n) is 5.82. The largest absolute Gasteiger partial charge is 1.00 e. The molecule has 146 valence electrons. The number of ether oxygens (including phenoxy) is 3. The Kier molecular flexibility index (Phi) is 7.76. The number of halogens is 1. The van der Waals surface area contributed by atoms with Crippen molar-refractivity contribution in [3.8, 4) is 28.6 Å². The molecule has 0 spiro atoms. The SMILES string of the molecule is COc1cc(-c2cc(=O)c3cccc(CC(=O)[O-])c3o2)c(Br)c(OC)c1OC.[Na+]. The van der Waals surface area contributed by atoms with Gasteiger partial charge in [0.2, 0.25) is 5.75 Å². The van der Waals surface area contributed by atoms with Gasteiger partial charge in [0.05, 0.1) is 31.2 Å². The number of benzene rings is 2. The van der Waals surface area contributed by atoms with Gasteiger partial charge in [0.15, 0.2) is 16.9 Å². The van der Waals surface area contributed by atoms with Gasteiger partial charge in [-0.2, -0.15) is 0 Å². The van der Waals surface area contributed by atoms with Crippen LogP contribution in [0.1, 0.15) is 5.56 Å². The molecule has 3 aromatic rings. The summed E-state index contributed by atoms with van der Waals surface area (Å²) in [4.78, 5) is 23.7. The van der Waals surface area contributed by atoms with E-state index in [2.05, 4.69) is 15.9 Å². The molecule has 0 N–H and O–H groups in total. The van der Waals surface area contributed by atoms with Crippen LogP contribution < -0.4 is 54.3 Å². The Morgan fingerprint density at radius 2 is 1.79 bits per heavy atom. The Hall–Kier alpha value is -2.00. The number of carbonyl (C=O) groups is 1. The van der Waals surface area contributed by atoms with Crippen LogP contribution in [0.2, 0.25) is 0 Å². The van der Waals surface area contributed by atoms with Gasteiger partial charge in [-0.05, 0) is 28.1 Å². The van der Waals surface area contributed by atoms with E-state index in [1.165, 1.54) is 27.4 Å². The van der Waals surface area contributed by atoms with Crippen molar-refractivity contribution in [2.24, 2.45) is 0 Å². The molecule has 0 bridgehead atoms. The van der Waals surface area contributed by atoms with Crippen LogP contribution >= 0.6 is 15.9 Å². The van der Waals surface area contributed by atoms with E-state index in [9.17, 15) is 14.7 Å². The molecule has 0 unspecified atom stereocenters. The predicted molar refractivity (Wildman–Crippen MR) is 104 cm³/mol. The molecule has 0 amide bonds. The average molecular weight is 471 g/mol. The summed E-state index contributed by atoms with van der Waals surface area (Å²) in [5.74, 6) is 0.0660. The number of carboxylic acids is 1. The van der Waals surface area contributed by atoms with Crippen molar-refractivity contribution >= 4 is 32.9 Å². The quantitative estimate of drug-likeness (QED) is 0.449. The first-order valence-electron chi connectivity index (χ1n) is 8.15. The van der Waals surface area contributed by atoms with Gasteiger partial charge in [0.25, 0.3) is 0 Å². The van der Waals surface area contributed by atoms with Crippen molar-refractivity contribution < 1.29 is 58.1 Å². The molecule has 0 fully saturated rings. The summed E-state index contributed by atoms with van der Waals surface area (Å²) in [6, 6.07) is 7.73. The van der Waals surface area contributed by atoms with Crippen LogP contribution in [0.5, 0.6) is 17.2 Å². The smallest absolute Gasteiger partial charge is 0.550 e. The maximum absolute atomic E-state index is 12.6. The summed E-state index contributed by atoms with van der Waals surface area (Å²) in [5, 5.41) is 11.3. The average Bonchev–Trinajstić information content (AvgIpc) is 2.67. The standard InChI is InChI=1S/C20H17BrO7.Na/c1-25-15-8-12(17(21)20(27-3)19(15)26-2)14-9-13(22)11-6-4-5-10(7-16(23)24)18(11)28-14;/h4-6,8-9H,7H2,1-3H3,(H,23,24);/q;+1/p-1. The first kappa shape index (κ1) is 23.3. The molecule has 29 heavy (non-hydrogen) atoms. The third kappa shape index (κ3) is 4.45. The molecule has 7 nitrogen and oxygen atoms in total. The molecule has 0 saturated carbocycles. The van der Waals surface area contributed by atoms with Gasteiger partial charge in [0, 0.05) is 29.6 Å². The van der Waals surface area contributed by atoms with Crippen molar-refractivity contribution in [3.05, 3.63) is 50.6 Å². The van der Waals surface area contributed by atoms with Crippen molar-refractivity contribution in [2.75, 3.05) is 21.3 Å². The van der Waals surface area contributed by atoms with Crippen LogP contribution in [0.3, 0.4) is 0 Å². The molecular formula is C20H16BrNaO7. The van der Waals surface area contributed by atoms with Gasteiger partial charge in [-0.3, -0.25) is 4.79 Å². The Bertz CT molecular complexity index is 1120. The fourth-order valence-electron chi connectivity index (χ4n) is 2.96. The zero-order chi connectivity index (χ0) is 20.4. The third-order valence-electron chi connectivity index (χ3n) is 4.21. The molecule has 2 aromatic carbocycles. The third-order valence-corrected chi connectivity index (χ3v) is 4.99. The molecule has 0 aliphatic heterocycles. The molecular weight excluding hydrogens is 455 g/mol. The van der Waals surface area contributed by atoms with E-state index in [4.69, 9.17) is 18.6 Å². The summed E-state index contributed by atoms with van der Waals surface area (Å²) in [5.41, 5.74) is 0.712. The number of carbonyl (C=O) groups excluding carboxylic acids is 1. The van der Waals surface area contributed by atoms with Crippen molar-refractivity contribution in [3.63, 3.8) is 0 Å². The van der Waals surface area contributed by atoms with Gasteiger partial charge in [-0.1, -0.05) is 12.1 Å². The normalized spacial score (nSPS) is 10.3. The summed E-state index contributed by atoms with van der Waals surface area (Å²) < 4.78 is 22.5. The van der Waals surface area contributed by atoms with Gasteiger partial charge in [0.1, 0.15) is 11.3 Å². The van der Waals surface area contributed by atoms with E-state index in [0.29, 0.717) is 32.8 Å². The van der Waals surface area contributed by atoms with Gasteiger partial charge < -0.3 is 28.5 Å². The van der Waals surface area contributed by atoms with Crippen molar-refractivity contribution in [1.29, 1.82) is 0 Å². The molecule has 0 atom stereocenters. The number of aliphatic carboxylic acids is 1. The second kappa shape index (κ2) is 9.67. The Labute approximate surface area is 197 Å². The summed E-state index contributed by atoms with van der Waals surface area (Å²) in [6.45, 7) is 0. The van der Waals surface area contributed by atoms with E-state index >= 15 is 0 Å². The number of carboxylic acid groups (broad SMARTS) is 1. The van der Waals surface area contributed by atoms with Crippen LogP contribution in [0.25, 0.3) is 22.3 Å². The van der Waals surface area contributed by atoms with E-state index in [1.807, 2.05) is 0 Å². The molecule has 1 aromatic heterocycles. The van der Waals surface area contributed by atoms with E-state index < -0.39 is 5.97 Å². The van der Waals surface area contributed by atoms with Crippen LogP contribution in [0.15, 0.2) is 44.0 Å². The van der Waals surface area contributed by atoms with Crippen molar-refractivity contribution in [1.82, 2.24) is 0 Å². The van der Waals surface area contributed by atoms with Crippen molar-refractivity contribution in [2.45, 2.75) is 6.42 Å². The topological polar surface area (TPSA) is 98.0 Å². The molecule has 0 aliphatic carbocycles.